The average molecular weight is 209 g/mol. The fraction of sp³-hybridized carbons (Fsp3) is 1.00. The summed E-state index contributed by atoms with van der Waals surface area (Å²) in [6.45, 7) is 4.79. The van der Waals surface area contributed by atoms with Crippen molar-refractivity contribution in [1.29, 1.82) is 0 Å². The van der Waals surface area contributed by atoms with Crippen LogP contribution < -0.4 is 5.32 Å². The Kier molecular flexibility index (Phi) is 4.07. The zero-order chi connectivity index (χ0) is 10.6. The lowest BCUT2D eigenvalue weighted by molar-refractivity contribution is 0.263. The van der Waals surface area contributed by atoms with E-state index in [-0.39, 0.29) is 0 Å². The van der Waals surface area contributed by atoms with Crippen molar-refractivity contribution < 1.29 is 0 Å². The molecule has 0 aromatic rings. The molecule has 0 saturated heterocycles. The molecule has 2 aliphatic rings. The van der Waals surface area contributed by atoms with Crippen LogP contribution >= 0.6 is 0 Å². The summed E-state index contributed by atoms with van der Waals surface area (Å²) in [5.41, 5.74) is 0.750. The Morgan fingerprint density at radius 2 is 1.73 bits per heavy atom. The zero-order valence-corrected chi connectivity index (χ0v) is 10.4. The summed E-state index contributed by atoms with van der Waals surface area (Å²) < 4.78 is 0. The largest absolute Gasteiger partial charge is 0.316 e. The van der Waals surface area contributed by atoms with Crippen LogP contribution in [0.25, 0.3) is 0 Å². The average Bonchev–Trinajstić information content (AvgIpc) is 3.02. The smallest absolute Gasteiger partial charge is 0.00105 e. The van der Waals surface area contributed by atoms with Crippen molar-refractivity contribution in [2.24, 2.45) is 11.3 Å². The topological polar surface area (TPSA) is 12.0 Å². The molecule has 1 nitrogen and oxygen atoms in total. The van der Waals surface area contributed by atoms with Crippen LogP contribution in [0.3, 0.4) is 0 Å². The van der Waals surface area contributed by atoms with Crippen LogP contribution in [0.15, 0.2) is 0 Å². The highest BCUT2D eigenvalue weighted by Crippen LogP contribution is 2.55. The zero-order valence-electron chi connectivity index (χ0n) is 10.4. The van der Waals surface area contributed by atoms with Crippen LogP contribution in [0.4, 0.5) is 0 Å². The van der Waals surface area contributed by atoms with Gasteiger partial charge in [0.2, 0.25) is 0 Å². The number of rotatable bonds is 5. The quantitative estimate of drug-likeness (QED) is 0.537. The third kappa shape index (κ3) is 2.96. The Morgan fingerprint density at radius 3 is 2.27 bits per heavy atom. The summed E-state index contributed by atoms with van der Waals surface area (Å²) >= 11 is 0. The van der Waals surface area contributed by atoms with Crippen molar-refractivity contribution in [2.75, 3.05) is 13.1 Å². The maximum absolute atomic E-state index is 3.66. The number of hydrogen-bond donors (Lipinski definition) is 1. The molecule has 0 radical (unpaired) electrons. The molecule has 1 heteroatoms. The summed E-state index contributed by atoms with van der Waals surface area (Å²) in [5, 5.41) is 3.66. The molecular weight excluding hydrogens is 182 g/mol. The monoisotopic (exact) mass is 209 g/mol. The maximum atomic E-state index is 3.66. The van der Waals surface area contributed by atoms with E-state index in [0.29, 0.717) is 0 Å². The minimum Gasteiger partial charge on any atom is -0.316 e. The molecule has 15 heavy (non-hydrogen) atoms. The van der Waals surface area contributed by atoms with Crippen LogP contribution in [-0.4, -0.2) is 13.1 Å². The maximum Gasteiger partial charge on any atom is 0.00105 e. The number of nitrogens with one attached hydrogen (secondary N) is 1. The van der Waals surface area contributed by atoms with Crippen molar-refractivity contribution in [3.05, 3.63) is 0 Å². The molecule has 2 saturated carbocycles. The molecule has 0 heterocycles. The molecule has 2 aliphatic carbocycles. The highest BCUT2D eigenvalue weighted by atomic mass is 14.9. The molecule has 1 N–H and O–H groups in total. The molecule has 2 fully saturated rings. The van der Waals surface area contributed by atoms with E-state index in [1.54, 1.807) is 0 Å². The van der Waals surface area contributed by atoms with Gasteiger partial charge in [0.05, 0.1) is 0 Å². The van der Waals surface area contributed by atoms with E-state index >= 15 is 0 Å². The van der Waals surface area contributed by atoms with Crippen LogP contribution in [-0.2, 0) is 0 Å². The van der Waals surface area contributed by atoms with Crippen LogP contribution in [0.2, 0.25) is 0 Å². The molecule has 0 aromatic carbocycles. The lowest BCUT2D eigenvalue weighted by Gasteiger charge is -2.26. The van der Waals surface area contributed by atoms with E-state index in [4.69, 9.17) is 0 Å². The minimum atomic E-state index is 0.750. The van der Waals surface area contributed by atoms with E-state index in [1.165, 1.54) is 70.9 Å². The van der Waals surface area contributed by atoms with Gasteiger partial charge in [-0.25, -0.2) is 0 Å². The van der Waals surface area contributed by atoms with Gasteiger partial charge in [0.25, 0.3) is 0 Å². The Morgan fingerprint density at radius 1 is 1.07 bits per heavy atom. The van der Waals surface area contributed by atoms with E-state index in [9.17, 15) is 0 Å². The van der Waals surface area contributed by atoms with E-state index in [2.05, 4.69) is 12.2 Å². The van der Waals surface area contributed by atoms with Crippen molar-refractivity contribution in [3.63, 3.8) is 0 Å². The lowest BCUT2D eigenvalue weighted by Crippen LogP contribution is -2.30. The first kappa shape index (κ1) is 11.4. The van der Waals surface area contributed by atoms with Gasteiger partial charge in [-0.1, -0.05) is 32.6 Å². The summed E-state index contributed by atoms with van der Waals surface area (Å²) in [7, 11) is 0. The van der Waals surface area contributed by atoms with Gasteiger partial charge >= 0.3 is 0 Å². The Balaban J connectivity index is 1.79. The summed E-state index contributed by atoms with van der Waals surface area (Å²) in [4.78, 5) is 0. The second-order valence-corrected chi connectivity index (χ2v) is 5.73. The molecule has 0 aromatic heterocycles. The molecule has 2 rings (SSSR count). The minimum absolute atomic E-state index is 0.750. The Hall–Kier alpha value is -0.0400. The van der Waals surface area contributed by atoms with Gasteiger partial charge in [-0.05, 0) is 50.0 Å². The fourth-order valence-corrected chi connectivity index (χ4v) is 3.30. The van der Waals surface area contributed by atoms with E-state index in [0.717, 1.165) is 11.3 Å². The fourth-order valence-electron chi connectivity index (χ4n) is 3.30. The third-order valence-corrected chi connectivity index (χ3v) is 4.52. The first-order valence-corrected chi connectivity index (χ1v) is 7.08. The normalized spacial score (nSPS) is 26.2. The van der Waals surface area contributed by atoms with E-state index < -0.39 is 0 Å². The van der Waals surface area contributed by atoms with Crippen molar-refractivity contribution in [1.82, 2.24) is 5.32 Å². The van der Waals surface area contributed by atoms with Crippen molar-refractivity contribution >= 4 is 0 Å². The standard InChI is InChI=1S/C14H27N/c1-2-11-15-12-14(9-10-14)13-7-5-3-4-6-8-13/h13,15H,2-12H2,1H3. The van der Waals surface area contributed by atoms with Crippen LogP contribution in [0.1, 0.15) is 64.7 Å². The van der Waals surface area contributed by atoms with Gasteiger partial charge in [0.15, 0.2) is 0 Å². The molecule has 0 unspecified atom stereocenters. The summed E-state index contributed by atoms with van der Waals surface area (Å²) in [5.74, 6) is 1.06. The Bertz CT molecular complexity index is 176. The highest BCUT2D eigenvalue weighted by Gasteiger charge is 2.47. The lowest BCUT2D eigenvalue weighted by atomic mass is 9.83. The number of hydrogen-bond acceptors (Lipinski definition) is 1. The molecule has 0 amide bonds. The SMILES string of the molecule is CCCNCC1(C2CCCCCC2)CC1. The Labute approximate surface area is 95.0 Å². The summed E-state index contributed by atoms with van der Waals surface area (Å²) in [6.07, 6.45) is 13.3. The third-order valence-electron chi connectivity index (χ3n) is 4.52. The molecule has 0 aliphatic heterocycles. The molecular formula is C14H27N. The van der Waals surface area contributed by atoms with E-state index in [1.807, 2.05) is 0 Å². The molecule has 0 atom stereocenters. The predicted molar refractivity (Wildman–Crippen MR) is 66.0 cm³/mol. The molecule has 88 valence electrons. The van der Waals surface area contributed by atoms with Gasteiger partial charge < -0.3 is 5.32 Å². The van der Waals surface area contributed by atoms with Gasteiger partial charge in [-0.3, -0.25) is 0 Å². The molecule has 0 bridgehead atoms. The van der Waals surface area contributed by atoms with Gasteiger partial charge in [-0.2, -0.15) is 0 Å². The predicted octanol–water partition coefficient (Wildman–Crippen LogP) is 3.74. The van der Waals surface area contributed by atoms with Gasteiger partial charge in [0, 0.05) is 6.54 Å². The summed E-state index contributed by atoms with van der Waals surface area (Å²) in [6, 6.07) is 0. The van der Waals surface area contributed by atoms with Crippen LogP contribution in [0.5, 0.6) is 0 Å². The first-order chi connectivity index (χ1) is 7.37. The van der Waals surface area contributed by atoms with Crippen molar-refractivity contribution in [2.45, 2.75) is 64.7 Å². The van der Waals surface area contributed by atoms with Crippen LogP contribution in [0, 0.1) is 11.3 Å². The van der Waals surface area contributed by atoms with Crippen molar-refractivity contribution in [3.8, 4) is 0 Å². The van der Waals surface area contributed by atoms with Gasteiger partial charge in [-0.15, -0.1) is 0 Å². The second kappa shape index (κ2) is 5.34. The first-order valence-electron chi connectivity index (χ1n) is 7.08. The molecule has 0 spiro atoms. The van der Waals surface area contributed by atoms with Gasteiger partial charge in [0.1, 0.15) is 0 Å². The highest BCUT2D eigenvalue weighted by molar-refractivity contribution is 5.00. The second-order valence-electron chi connectivity index (χ2n) is 5.73.